The molecule has 1 heterocycles. The van der Waals surface area contributed by atoms with E-state index >= 15 is 0 Å². The Morgan fingerprint density at radius 3 is 2.84 bits per heavy atom. The summed E-state index contributed by atoms with van der Waals surface area (Å²) >= 11 is 0. The molecule has 1 N–H and O–H groups in total. The zero-order chi connectivity index (χ0) is 13.7. The Balaban J connectivity index is 2.09. The number of halogens is 1. The summed E-state index contributed by atoms with van der Waals surface area (Å²) in [6.45, 7) is 7.39. The first-order valence-corrected chi connectivity index (χ1v) is 7.44. The molecule has 1 aliphatic rings. The Bertz CT molecular complexity index is 394. The maximum absolute atomic E-state index is 14.0. The van der Waals surface area contributed by atoms with Crippen LogP contribution in [0.1, 0.15) is 44.7 Å². The Labute approximate surface area is 116 Å². The lowest BCUT2D eigenvalue weighted by Crippen LogP contribution is -2.37. The lowest BCUT2D eigenvalue weighted by atomic mass is 10.0. The van der Waals surface area contributed by atoms with Crippen molar-refractivity contribution in [1.29, 1.82) is 0 Å². The van der Waals surface area contributed by atoms with Gasteiger partial charge in [-0.1, -0.05) is 25.1 Å². The monoisotopic (exact) mass is 264 g/mol. The van der Waals surface area contributed by atoms with Crippen molar-refractivity contribution in [1.82, 2.24) is 10.2 Å². The first-order chi connectivity index (χ1) is 9.22. The molecule has 106 valence electrons. The van der Waals surface area contributed by atoms with E-state index in [1.165, 1.54) is 12.8 Å². The van der Waals surface area contributed by atoms with Gasteiger partial charge in [0.1, 0.15) is 5.82 Å². The van der Waals surface area contributed by atoms with Gasteiger partial charge in [-0.25, -0.2) is 4.39 Å². The second kappa shape index (κ2) is 7.01. The molecule has 0 aliphatic carbocycles. The molecular weight excluding hydrogens is 239 g/mol. The van der Waals surface area contributed by atoms with Crippen LogP contribution < -0.4 is 5.32 Å². The van der Waals surface area contributed by atoms with Crippen LogP contribution in [0.3, 0.4) is 0 Å². The van der Waals surface area contributed by atoms with Crippen LogP contribution in [0.25, 0.3) is 0 Å². The van der Waals surface area contributed by atoms with Gasteiger partial charge >= 0.3 is 0 Å². The van der Waals surface area contributed by atoms with Crippen molar-refractivity contribution in [2.75, 3.05) is 19.6 Å². The largest absolute Gasteiger partial charge is 0.309 e. The van der Waals surface area contributed by atoms with E-state index < -0.39 is 0 Å². The van der Waals surface area contributed by atoms with Crippen molar-refractivity contribution in [3.8, 4) is 0 Å². The first kappa shape index (κ1) is 14.5. The number of likely N-dealkylation sites (tertiary alicyclic amines) is 1. The fourth-order valence-electron chi connectivity index (χ4n) is 2.85. The topological polar surface area (TPSA) is 15.3 Å². The number of nitrogens with one attached hydrogen (secondary N) is 1. The second-order valence-electron chi connectivity index (χ2n) is 5.51. The van der Waals surface area contributed by atoms with Crippen molar-refractivity contribution in [3.05, 3.63) is 35.6 Å². The minimum absolute atomic E-state index is 0.0945. The third kappa shape index (κ3) is 3.77. The van der Waals surface area contributed by atoms with Crippen molar-refractivity contribution >= 4 is 0 Å². The normalized spacial score (nSPS) is 21.7. The quantitative estimate of drug-likeness (QED) is 0.847. The lowest BCUT2D eigenvalue weighted by Gasteiger charge is -2.28. The molecule has 0 spiro atoms. The molecule has 1 aliphatic heterocycles. The fourth-order valence-corrected chi connectivity index (χ4v) is 2.85. The Hall–Kier alpha value is -0.930. The van der Waals surface area contributed by atoms with E-state index in [4.69, 9.17) is 0 Å². The summed E-state index contributed by atoms with van der Waals surface area (Å²) in [4.78, 5) is 2.47. The van der Waals surface area contributed by atoms with Crippen molar-refractivity contribution in [2.45, 2.75) is 45.2 Å². The molecule has 2 rings (SSSR count). The van der Waals surface area contributed by atoms with Crippen LogP contribution in [-0.4, -0.2) is 30.6 Å². The lowest BCUT2D eigenvalue weighted by molar-refractivity contribution is 0.235. The average Bonchev–Trinajstić information content (AvgIpc) is 2.81. The molecule has 2 unspecified atom stereocenters. The molecule has 1 fully saturated rings. The van der Waals surface area contributed by atoms with Crippen molar-refractivity contribution < 1.29 is 4.39 Å². The molecule has 2 nitrogen and oxygen atoms in total. The van der Waals surface area contributed by atoms with Gasteiger partial charge in [-0.2, -0.15) is 0 Å². The van der Waals surface area contributed by atoms with Crippen LogP contribution in [0.4, 0.5) is 4.39 Å². The molecule has 2 atom stereocenters. The molecule has 1 aromatic rings. The fraction of sp³-hybridized carbons (Fsp3) is 0.625. The standard InChI is InChI=1S/C16H25FN2/c1-3-10-18-16(12-19-11-6-7-13(19)2)14-8-4-5-9-15(14)17/h4-5,8-9,13,16,18H,3,6-7,10-12H2,1-2H3. The van der Waals surface area contributed by atoms with Crippen LogP contribution in [0, 0.1) is 5.82 Å². The second-order valence-corrected chi connectivity index (χ2v) is 5.51. The third-order valence-corrected chi connectivity index (χ3v) is 4.03. The molecule has 1 saturated heterocycles. The number of benzene rings is 1. The summed E-state index contributed by atoms with van der Waals surface area (Å²) in [5, 5.41) is 3.49. The van der Waals surface area contributed by atoms with Gasteiger partial charge in [0.15, 0.2) is 0 Å². The molecule has 0 saturated carbocycles. The van der Waals surface area contributed by atoms with E-state index in [-0.39, 0.29) is 11.9 Å². The number of hydrogen-bond acceptors (Lipinski definition) is 2. The van der Waals surface area contributed by atoms with E-state index in [2.05, 4.69) is 24.1 Å². The van der Waals surface area contributed by atoms with Crippen molar-refractivity contribution in [2.24, 2.45) is 0 Å². The maximum atomic E-state index is 14.0. The summed E-state index contributed by atoms with van der Waals surface area (Å²) in [6.07, 6.45) is 3.59. The summed E-state index contributed by atoms with van der Waals surface area (Å²) < 4.78 is 14.0. The molecule has 1 aromatic carbocycles. The number of rotatable bonds is 6. The molecular formula is C16H25FN2. The highest BCUT2D eigenvalue weighted by Gasteiger charge is 2.25. The predicted octanol–water partition coefficient (Wildman–Crippen LogP) is 3.35. The zero-order valence-corrected chi connectivity index (χ0v) is 12.0. The van der Waals surface area contributed by atoms with Gasteiger partial charge in [-0.15, -0.1) is 0 Å². The highest BCUT2D eigenvalue weighted by molar-refractivity contribution is 5.21. The minimum atomic E-state index is -0.0945. The van der Waals surface area contributed by atoms with Crippen LogP contribution in [-0.2, 0) is 0 Å². The molecule has 3 heteroatoms. The van der Waals surface area contributed by atoms with Gasteiger partial charge < -0.3 is 5.32 Å². The summed E-state index contributed by atoms with van der Waals surface area (Å²) in [5.41, 5.74) is 0.801. The summed E-state index contributed by atoms with van der Waals surface area (Å²) in [5.74, 6) is -0.0945. The van der Waals surface area contributed by atoms with Crippen molar-refractivity contribution in [3.63, 3.8) is 0 Å². The molecule has 0 amide bonds. The third-order valence-electron chi connectivity index (χ3n) is 4.03. The Morgan fingerprint density at radius 2 is 2.21 bits per heavy atom. The van der Waals surface area contributed by atoms with E-state index in [9.17, 15) is 4.39 Å². The summed E-state index contributed by atoms with van der Waals surface area (Å²) in [7, 11) is 0. The minimum Gasteiger partial charge on any atom is -0.309 e. The highest BCUT2D eigenvalue weighted by Crippen LogP contribution is 2.23. The van der Waals surface area contributed by atoms with E-state index in [0.29, 0.717) is 6.04 Å². The van der Waals surface area contributed by atoms with Crippen LogP contribution in [0.2, 0.25) is 0 Å². The van der Waals surface area contributed by atoms with E-state index in [1.807, 2.05) is 12.1 Å². The van der Waals surface area contributed by atoms with E-state index in [0.717, 1.165) is 31.6 Å². The molecule has 19 heavy (non-hydrogen) atoms. The molecule has 0 aromatic heterocycles. The number of hydrogen-bond donors (Lipinski definition) is 1. The van der Waals surface area contributed by atoms with Gasteiger partial charge in [-0.05, 0) is 45.3 Å². The van der Waals surface area contributed by atoms with Gasteiger partial charge in [0.2, 0.25) is 0 Å². The van der Waals surface area contributed by atoms with Gasteiger partial charge in [0.05, 0.1) is 0 Å². The molecule has 0 radical (unpaired) electrons. The summed E-state index contributed by atoms with van der Waals surface area (Å²) in [6, 6.07) is 7.87. The molecule has 0 bridgehead atoms. The number of nitrogens with zero attached hydrogens (tertiary/aromatic N) is 1. The Morgan fingerprint density at radius 1 is 1.42 bits per heavy atom. The van der Waals surface area contributed by atoms with Gasteiger partial charge in [0.25, 0.3) is 0 Å². The first-order valence-electron chi connectivity index (χ1n) is 7.44. The van der Waals surface area contributed by atoms with Gasteiger partial charge in [0, 0.05) is 24.2 Å². The predicted molar refractivity (Wildman–Crippen MR) is 77.7 cm³/mol. The van der Waals surface area contributed by atoms with Crippen LogP contribution in [0.5, 0.6) is 0 Å². The SMILES string of the molecule is CCCNC(CN1CCCC1C)c1ccccc1F. The van der Waals surface area contributed by atoms with Crippen LogP contribution in [0.15, 0.2) is 24.3 Å². The zero-order valence-electron chi connectivity index (χ0n) is 12.0. The maximum Gasteiger partial charge on any atom is 0.128 e. The van der Waals surface area contributed by atoms with Crippen LogP contribution >= 0.6 is 0 Å². The highest BCUT2D eigenvalue weighted by atomic mass is 19.1. The van der Waals surface area contributed by atoms with E-state index in [1.54, 1.807) is 12.1 Å². The average molecular weight is 264 g/mol. The smallest absolute Gasteiger partial charge is 0.128 e. The van der Waals surface area contributed by atoms with Gasteiger partial charge in [-0.3, -0.25) is 4.90 Å². The Kier molecular flexibility index (Phi) is 5.34.